The molecule has 3 nitrogen and oxygen atoms in total. The van der Waals surface area contributed by atoms with E-state index in [-0.39, 0.29) is 0 Å². The van der Waals surface area contributed by atoms with Gasteiger partial charge in [-0.15, -0.1) is 0 Å². The maximum atomic E-state index is 8.75. The summed E-state index contributed by atoms with van der Waals surface area (Å²) in [7, 11) is 0. The summed E-state index contributed by atoms with van der Waals surface area (Å²) < 4.78 is 5.68. The first kappa shape index (κ1) is 12.2. The zero-order valence-corrected chi connectivity index (χ0v) is 10.8. The van der Waals surface area contributed by atoms with Crippen LogP contribution in [0.4, 0.5) is 0 Å². The highest BCUT2D eigenvalue weighted by Crippen LogP contribution is 2.17. The van der Waals surface area contributed by atoms with Gasteiger partial charge in [-0.2, -0.15) is 5.26 Å². The van der Waals surface area contributed by atoms with E-state index >= 15 is 0 Å². The Labute approximate surface area is 117 Å². The van der Waals surface area contributed by atoms with E-state index in [0.717, 1.165) is 16.5 Å². The molecule has 2 aromatic carbocycles. The number of rotatable bonds is 3. The van der Waals surface area contributed by atoms with Gasteiger partial charge < -0.3 is 4.74 Å². The molecule has 0 aliphatic heterocycles. The fourth-order valence-electron chi connectivity index (χ4n) is 1.96. The second-order valence-electron chi connectivity index (χ2n) is 4.44. The number of para-hydroxylation sites is 1. The lowest BCUT2D eigenvalue weighted by atomic mass is 10.2. The Morgan fingerprint density at radius 3 is 2.55 bits per heavy atom. The van der Waals surface area contributed by atoms with Gasteiger partial charge in [-0.25, -0.2) is 4.98 Å². The van der Waals surface area contributed by atoms with Gasteiger partial charge in [-0.1, -0.05) is 30.3 Å². The molecule has 0 aliphatic rings. The maximum Gasteiger partial charge on any atom is 0.214 e. The Balaban J connectivity index is 1.74. The van der Waals surface area contributed by atoms with Crippen molar-refractivity contribution in [3.05, 3.63) is 71.8 Å². The van der Waals surface area contributed by atoms with Gasteiger partial charge >= 0.3 is 0 Å². The standard InChI is InChI=1S/C17H12N2O/c18-11-13-5-7-14(8-6-13)12-20-17-10-9-15-3-1-2-4-16(15)19-17/h1-10H,12H2. The fraction of sp³-hybridized carbons (Fsp3) is 0.0588. The van der Waals surface area contributed by atoms with Gasteiger partial charge in [0.1, 0.15) is 6.61 Å². The smallest absolute Gasteiger partial charge is 0.214 e. The average Bonchev–Trinajstić information content (AvgIpc) is 2.53. The van der Waals surface area contributed by atoms with Gasteiger partial charge in [0.05, 0.1) is 17.1 Å². The topological polar surface area (TPSA) is 45.9 Å². The lowest BCUT2D eigenvalue weighted by Gasteiger charge is -2.06. The Kier molecular flexibility index (Phi) is 3.30. The van der Waals surface area contributed by atoms with Crippen molar-refractivity contribution in [2.24, 2.45) is 0 Å². The number of nitriles is 1. The van der Waals surface area contributed by atoms with Crippen LogP contribution in [0.1, 0.15) is 11.1 Å². The van der Waals surface area contributed by atoms with Crippen LogP contribution < -0.4 is 4.74 Å². The van der Waals surface area contributed by atoms with Gasteiger partial charge in [0, 0.05) is 11.5 Å². The molecule has 0 atom stereocenters. The molecule has 0 N–H and O–H groups in total. The number of fused-ring (bicyclic) bond motifs is 1. The minimum atomic E-state index is 0.442. The van der Waals surface area contributed by atoms with E-state index in [1.807, 2.05) is 48.5 Å². The Morgan fingerprint density at radius 2 is 1.75 bits per heavy atom. The zero-order valence-electron chi connectivity index (χ0n) is 10.8. The highest BCUT2D eigenvalue weighted by Gasteiger charge is 2.00. The van der Waals surface area contributed by atoms with E-state index < -0.39 is 0 Å². The third-order valence-electron chi connectivity index (χ3n) is 3.04. The summed E-state index contributed by atoms with van der Waals surface area (Å²) in [6.45, 7) is 0.442. The summed E-state index contributed by atoms with van der Waals surface area (Å²) in [6.07, 6.45) is 0. The van der Waals surface area contributed by atoms with Crippen molar-refractivity contribution in [3.63, 3.8) is 0 Å². The first-order valence-electron chi connectivity index (χ1n) is 6.33. The molecule has 3 rings (SSSR count). The van der Waals surface area contributed by atoms with Gasteiger partial charge in [0.2, 0.25) is 5.88 Å². The van der Waals surface area contributed by atoms with E-state index in [0.29, 0.717) is 18.1 Å². The van der Waals surface area contributed by atoms with Gasteiger partial charge in [-0.3, -0.25) is 0 Å². The molecule has 3 aromatic rings. The van der Waals surface area contributed by atoms with Crippen molar-refractivity contribution in [2.75, 3.05) is 0 Å². The van der Waals surface area contributed by atoms with Crippen LogP contribution in [0.25, 0.3) is 10.9 Å². The highest BCUT2D eigenvalue weighted by atomic mass is 16.5. The molecule has 3 heteroatoms. The minimum Gasteiger partial charge on any atom is -0.473 e. The first-order valence-corrected chi connectivity index (χ1v) is 6.33. The van der Waals surface area contributed by atoms with Gasteiger partial charge in [0.15, 0.2) is 0 Å². The van der Waals surface area contributed by atoms with Crippen LogP contribution in [-0.2, 0) is 6.61 Å². The number of nitrogens with zero attached hydrogens (tertiary/aromatic N) is 2. The lowest BCUT2D eigenvalue weighted by molar-refractivity contribution is 0.295. The van der Waals surface area contributed by atoms with Crippen LogP contribution in [0.3, 0.4) is 0 Å². The Hall–Kier alpha value is -2.86. The van der Waals surface area contributed by atoms with Crippen LogP contribution in [-0.4, -0.2) is 4.98 Å². The quantitative estimate of drug-likeness (QED) is 0.721. The molecule has 0 fully saturated rings. The summed E-state index contributed by atoms with van der Waals surface area (Å²) in [6, 6.07) is 21.2. The normalized spacial score (nSPS) is 10.2. The Bertz CT molecular complexity index is 773. The lowest BCUT2D eigenvalue weighted by Crippen LogP contribution is -1.97. The summed E-state index contributed by atoms with van der Waals surface area (Å²) in [5, 5.41) is 9.84. The fourth-order valence-corrected chi connectivity index (χ4v) is 1.96. The van der Waals surface area contributed by atoms with E-state index in [2.05, 4.69) is 11.1 Å². The summed E-state index contributed by atoms with van der Waals surface area (Å²) >= 11 is 0. The number of hydrogen-bond donors (Lipinski definition) is 0. The van der Waals surface area contributed by atoms with Crippen molar-refractivity contribution in [1.29, 1.82) is 5.26 Å². The molecule has 96 valence electrons. The summed E-state index contributed by atoms with van der Waals surface area (Å²) in [4.78, 5) is 4.45. The highest BCUT2D eigenvalue weighted by molar-refractivity contribution is 5.78. The van der Waals surface area contributed by atoms with E-state index in [1.165, 1.54) is 0 Å². The number of aromatic nitrogens is 1. The predicted octanol–water partition coefficient (Wildman–Crippen LogP) is 3.69. The molecule has 0 saturated carbocycles. The third-order valence-corrected chi connectivity index (χ3v) is 3.04. The monoisotopic (exact) mass is 260 g/mol. The number of pyridine rings is 1. The molecule has 0 bridgehead atoms. The third kappa shape index (κ3) is 2.60. The molecule has 0 unspecified atom stereocenters. The predicted molar refractivity (Wildman–Crippen MR) is 77.2 cm³/mol. The van der Waals surface area contributed by atoms with E-state index in [9.17, 15) is 0 Å². The SMILES string of the molecule is N#Cc1ccc(COc2ccc3ccccc3n2)cc1. The largest absolute Gasteiger partial charge is 0.473 e. The molecule has 0 saturated heterocycles. The van der Waals surface area contributed by atoms with Crippen LogP contribution in [0, 0.1) is 11.3 Å². The molecular weight excluding hydrogens is 248 g/mol. The molecule has 0 aliphatic carbocycles. The average molecular weight is 260 g/mol. The molecule has 1 aromatic heterocycles. The molecule has 1 heterocycles. The summed E-state index contributed by atoms with van der Waals surface area (Å²) in [5.41, 5.74) is 2.58. The second kappa shape index (κ2) is 5.41. The minimum absolute atomic E-state index is 0.442. The number of hydrogen-bond acceptors (Lipinski definition) is 3. The van der Waals surface area contributed by atoms with Crippen molar-refractivity contribution < 1.29 is 4.74 Å². The van der Waals surface area contributed by atoms with E-state index in [4.69, 9.17) is 10.00 Å². The van der Waals surface area contributed by atoms with Gasteiger partial charge in [0.25, 0.3) is 0 Å². The molecular formula is C17H12N2O. The van der Waals surface area contributed by atoms with Crippen molar-refractivity contribution >= 4 is 10.9 Å². The Morgan fingerprint density at radius 1 is 0.950 bits per heavy atom. The van der Waals surface area contributed by atoms with Gasteiger partial charge in [-0.05, 0) is 29.8 Å². The summed E-state index contributed by atoms with van der Waals surface area (Å²) in [5.74, 6) is 0.605. The number of ether oxygens (including phenoxy) is 1. The molecule has 0 spiro atoms. The molecule has 0 amide bonds. The van der Waals surface area contributed by atoms with Crippen molar-refractivity contribution in [1.82, 2.24) is 4.98 Å². The number of benzene rings is 2. The molecule has 0 radical (unpaired) electrons. The second-order valence-corrected chi connectivity index (χ2v) is 4.44. The van der Waals surface area contributed by atoms with Crippen molar-refractivity contribution in [3.8, 4) is 11.9 Å². The van der Waals surface area contributed by atoms with Crippen LogP contribution in [0.15, 0.2) is 60.7 Å². The van der Waals surface area contributed by atoms with Crippen molar-refractivity contribution in [2.45, 2.75) is 6.61 Å². The van der Waals surface area contributed by atoms with Crippen LogP contribution >= 0.6 is 0 Å². The zero-order chi connectivity index (χ0) is 13.8. The molecule has 20 heavy (non-hydrogen) atoms. The van der Waals surface area contributed by atoms with E-state index in [1.54, 1.807) is 12.1 Å². The van der Waals surface area contributed by atoms with Crippen LogP contribution in [0.5, 0.6) is 5.88 Å². The van der Waals surface area contributed by atoms with Crippen LogP contribution in [0.2, 0.25) is 0 Å². The maximum absolute atomic E-state index is 8.75. The first-order chi connectivity index (χ1) is 9.85.